The summed E-state index contributed by atoms with van der Waals surface area (Å²) in [5, 5.41) is 3.27. The maximum Gasteiger partial charge on any atom is 0.222 e. The van der Waals surface area contributed by atoms with Gasteiger partial charge in [0.15, 0.2) is 0 Å². The van der Waals surface area contributed by atoms with Crippen molar-refractivity contribution in [3.8, 4) is 11.1 Å². The van der Waals surface area contributed by atoms with Crippen molar-refractivity contribution < 1.29 is 4.74 Å². The van der Waals surface area contributed by atoms with Crippen LogP contribution in [0.3, 0.4) is 0 Å². The van der Waals surface area contributed by atoms with Gasteiger partial charge in [0, 0.05) is 31.1 Å². The van der Waals surface area contributed by atoms with Gasteiger partial charge in [-0.05, 0) is 35.3 Å². The molecule has 4 heteroatoms. The van der Waals surface area contributed by atoms with E-state index in [1.54, 1.807) is 0 Å². The summed E-state index contributed by atoms with van der Waals surface area (Å²) in [4.78, 5) is 8.92. The maximum atomic E-state index is 5.61. The fourth-order valence-corrected chi connectivity index (χ4v) is 3.07. The van der Waals surface area contributed by atoms with E-state index in [0.29, 0.717) is 18.0 Å². The molecule has 2 atom stereocenters. The Morgan fingerprint density at radius 1 is 1.20 bits per heavy atom. The number of nitrogens with one attached hydrogen (secondary N) is 1. The lowest BCUT2D eigenvalue weighted by Gasteiger charge is -2.28. The van der Waals surface area contributed by atoms with Gasteiger partial charge < -0.3 is 10.1 Å². The van der Waals surface area contributed by atoms with Crippen LogP contribution in [-0.4, -0.2) is 29.2 Å². The number of benzene rings is 1. The summed E-state index contributed by atoms with van der Waals surface area (Å²) in [7, 11) is 0. The van der Waals surface area contributed by atoms with Gasteiger partial charge in [-0.2, -0.15) is 0 Å². The molecule has 1 saturated heterocycles. The third-order valence-electron chi connectivity index (χ3n) is 5.18. The Bertz CT molecular complexity index is 685. The van der Waals surface area contributed by atoms with Gasteiger partial charge in [0.25, 0.3) is 0 Å². The Hall–Kier alpha value is -1.94. The van der Waals surface area contributed by atoms with Crippen molar-refractivity contribution in [3.05, 3.63) is 42.2 Å². The average Bonchev–Trinajstić information content (AvgIpc) is 3.13. The first-order valence-electron chi connectivity index (χ1n) is 9.21. The summed E-state index contributed by atoms with van der Waals surface area (Å²) in [5.74, 6) is 1.15. The highest BCUT2D eigenvalue weighted by molar-refractivity contribution is 5.63. The van der Waals surface area contributed by atoms with E-state index in [9.17, 15) is 0 Å². The molecule has 0 amide bonds. The lowest BCUT2D eigenvalue weighted by Crippen LogP contribution is -2.19. The fraction of sp³-hybridized carbons (Fsp3) is 0.524. The highest BCUT2D eigenvalue weighted by atomic mass is 16.5. The molecule has 0 spiro atoms. The Morgan fingerprint density at radius 3 is 2.60 bits per heavy atom. The van der Waals surface area contributed by atoms with E-state index >= 15 is 0 Å². The Labute approximate surface area is 151 Å². The van der Waals surface area contributed by atoms with Crippen molar-refractivity contribution in [1.82, 2.24) is 9.97 Å². The van der Waals surface area contributed by atoms with Gasteiger partial charge in [0.1, 0.15) is 0 Å². The third kappa shape index (κ3) is 4.57. The van der Waals surface area contributed by atoms with Crippen LogP contribution in [0.5, 0.6) is 0 Å². The topological polar surface area (TPSA) is 47.0 Å². The van der Waals surface area contributed by atoms with E-state index in [-0.39, 0.29) is 5.41 Å². The number of ether oxygens (including phenoxy) is 1. The number of nitrogens with zero attached hydrogens (tertiary/aromatic N) is 2. The van der Waals surface area contributed by atoms with Crippen LogP contribution >= 0.6 is 0 Å². The summed E-state index contributed by atoms with van der Waals surface area (Å²) in [6.45, 7) is 10.8. The molecule has 1 N–H and O–H groups in total. The lowest BCUT2D eigenvalue weighted by atomic mass is 9.77. The second kappa shape index (κ2) is 7.52. The summed E-state index contributed by atoms with van der Waals surface area (Å²) < 4.78 is 5.61. The number of hydrogen-bond acceptors (Lipinski definition) is 4. The van der Waals surface area contributed by atoms with Crippen LogP contribution in [0.4, 0.5) is 5.95 Å². The highest BCUT2D eigenvalue weighted by Crippen LogP contribution is 2.35. The first-order chi connectivity index (χ1) is 11.9. The minimum absolute atomic E-state index is 0.241. The normalized spacial score (nSPS) is 19.0. The zero-order valence-corrected chi connectivity index (χ0v) is 15.7. The molecule has 3 rings (SSSR count). The SMILES string of the molecule is C[C@@H](c1cccc(-c2cnc(NCC3CCCO3)nc2)c1)C(C)(C)C. The lowest BCUT2D eigenvalue weighted by molar-refractivity contribution is 0.120. The number of rotatable bonds is 5. The van der Waals surface area contributed by atoms with Crippen LogP contribution in [0.15, 0.2) is 36.7 Å². The molecule has 0 bridgehead atoms. The summed E-state index contributed by atoms with van der Waals surface area (Å²) >= 11 is 0. The van der Waals surface area contributed by atoms with Crippen molar-refractivity contribution in [1.29, 1.82) is 0 Å². The zero-order valence-electron chi connectivity index (χ0n) is 15.7. The molecule has 1 fully saturated rings. The second-order valence-corrected chi connectivity index (χ2v) is 8.02. The molecular formula is C21H29N3O. The van der Waals surface area contributed by atoms with E-state index < -0.39 is 0 Å². The monoisotopic (exact) mass is 339 g/mol. The Morgan fingerprint density at radius 2 is 1.96 bits per heavy atom. The smallest absolute Gasteiger partial charge is 0.222 e. The molecular weight excluding hydrogens is 310 g/mol. The summed E-state index contributed by atoms with van der Waals surface area (Å²) in [6, 6.07) is 8.71. The van der Waals surface area contributed by atoms with Crippen LogP contribution in [-0.2, 0) is 4.74 Å². The highest BCUT2D eigenvalue weighted by Gasteiger charge is 2.21. The van der Waals surface area contributed by atoms with Crippen molar-refractivity contribution >= 4 is 5.95 Å². The molecule has 1 aromatic carbocycles. The molecule has 1 aliphatic heterocycles. The molecule has 1 aromatic heterocycles. The molecule has 0 aliphatic carbocycles. The molecule has 2 aromatic rings. The van der Waals surface area contributed by atoms with Crippen molar-refractivity contribution in [3.63, 3.8) is 0 Å². The molecule has 2 heterocycles. The minimum atomic E-state index is 0.241. The first-order valence-corrected chi connectivity index (χ1v) is 9.21. The standard InChI is InChI=1S/C21H29N3O/c1-15(21(2,3)4)16-7-5-8-17(11-16)18-12-22-20(23-13-18)24-14-19-9-6-10-25-19/h5,7-8,11-13,15,19H,6,9-10,14H2,1-4H3,(H,22,23,24)/t15-,19?/m0/s1. The van der Waals surface area contributed by atoms with Gasteiger partial charge in [-0.25, -0.2) is 9.97 Å². The number of hydrogen-bond donors (Lipinski definition) is 1. The Balaban J connectivity index is 1.69. The van der Waals surface area contributed by atoms with Crippen LogP contribution in [0.25, 0.3) is 11.1 Å². The minimum Gasteiger partial charge on any atom is -0.376 e. The van der Waals surface area contributed by atoms with Gasteiger partial charge in [0.2, 0.25) is 5.95 Å². The molecule has 1 aliphatic rings. The number of anilines is 1. The van der Waals surface area contributed by atoms with Gasteiger partial charge in [-0.1, -0.05) is 52.0 Å². The van der Waals surface area contributed by atoms with E-state index in [1.165, 1.54) is 11.1 Å². The van der Waals surface area contributed by atoms with E-state index in [4.69, 9.17) is 4.74 Å². The van der Waals surface area contributed by atoms with Gasteiger partial charge in [-0.3, -0.25) is 0 Å². The van der Waals surface area contributed by atoms with E-state index in [0.717, 1.165) is 31.6 Å². The van der Waals surface area contributed by atoms with Crippen molar-refractivity contribution in [2.75, 3.05) is 18.5 Å². The predicted molar refractivity (Wildman–Crippen MR) is 103 cm³/mol. The van der Waals surface area contributed by atoms with Gasteiger partial charge >= 0.3 is 0 Å². The van der Waals surface area contributed by atoms with E-state index in [2.05, 4.69) is 67.2 Å². The largest absolute Gasteiger partial charge is 0.376 e. The van der Waals surface area contributed by atoms with E-state index in [1.807, 2.05) is 12.4 Å². The maximum absolute atomic E-state index is 5.61. The van der Waals surface area contributed by atoms with Crippen LogP contribution < -0.4 is 5.32 Å². The molecule has 134 valence electrons. The third-order valence-corrected chi connectivity index (χ3v) is 5.18. The zero-order chi connectivity index (χ0) is 17.9. The van der Waals surface area contributed by atoms with Crippen molar-refractivity contribution in [2.45, 2.75) is 52.6 Å². The van der Waals surface area contributed by atoms with Crippen LogP contribution in [0.2, 0.25) is 0 Å². The molecule has 4 nitrogen and oxygen atoms in total. The summed E-state index contributed by atoms with van der Waals surface area (Å²) in [6.07, 6.45) is 6.34. The molecule has 25 heavy (non-hydrogen) atoms. The average molecular weight is 339 g/mol. The molecule has 0 radical (unpaired) electrons. The van der Waals surface area contributed by atoms with Crippen LogP contribution in [0.1, 0.15) is 52.0 Å². The predicted octanol–water partition coefficient (Wildman–Crippen LogP) is 4.88. The summed E-state index contributed by atoms with van der Waals surface area (Å²) in [5.41, 5.74) is 3.81. The Kier molecular flexibility index (Phi) is 5.38. The van der Waals surface area contributed by atoms with Gasteiger partial charge in [-0.15, -0.1) is 0 Å². The van der Waals surface area contributed by atoms with Crippen molar-refractivity contribution in [2.24, 2.45) is 5.41 Å². The van der Waals surface area contributed by atoms with Gasteiger partial charge in [0.05, 0.1) is 6.10 Å². The molecule has 1 unspecified atom stereocenters. The molecule has 0 saturated carbocycles. The number of aromatic nitrogens is 2. The first kappa shape index (κ1) is 17.9. The van der Waals surface area contributed by atoms with Crippen LogP contribution in [0, 0.1) is 5.41 Å². The fourth-order valence-electron chi connectivity index (χ4n) is 3.07. The quantitative estimate of drug-likeness (QED) is 0.843. The second-order valence-electron chi connectivity index (χ2n) is 8.02.